The number of aliphatic hydroxyl groups is 1. The molecule has 0 aromatic heterocycles. The number of benzene rings is 4. The van der Waals surface area contributed by atoms with E-state index in [4.69, 9.17) is 18.9 Å². The van der Waals surface area contributed by atoms with E-state index < -0.39 is 12.0 Å². The second kappa shape index (κ2) is 20.0. The number of aryl methyl sites for hydroxylation is 1. The number of hydrogen-bond acceptors (Lipinski definition) is 7. The van der Waals surface area contributed by atoms with Gasteiger partial charge in [-0.3, -0.25) is 0 Å². The third kappa shape index (κ3) is 15.3. The van der Waals surface area contributed by atoms with Crippen molar-refractivity contribution in [1.82, 2.24) is 0 Å². The molecule has 10 heteroatoms. The van der Waals surface area contributed by atoms with Gasteiger partial charge in [-0.05, 0) is 98.5 Å². The highest BCUT2D eigenvalue weighted by molar-refractivity contribution is 5.49. The highest BCUT2D eigenvalue weighted by atomic mass is 19.4. The molecule has 54 heavy (non-hydrogen) atoms. The Morgan fingerprint density at radius 3 is 1.87 bits per heavy atom. The van der Waals surface area contributed by atoms with E-state index >= 15 is 0 Å². The van der Waals surface area contributed by atoms with Crippen molar-refractivity contribution in [1.29, 1.82) is 0 Å². The number of alkyl halides is 3. The number of anilines is 1. The molecule has 4 aromatic rings. The van der Waals surface area contributed by atoms with Gasteiger partial charge < -0.3 is 33.7 Å². The number of piperidine rings is 1. The first-order valence-electron chi connectivity index (χ1n) is 18.9. The molecule has 0 bridgehead atoms. The number of nitrogens with zero attached hydrogens (tertiary/aromatic N) is 1. The highest BCUT2D eigenvalue weighted by Gasteiger charge is 2.38. The van der Waals surface area contributed by atoms with Gasteiger partial charge >= 0.3 is 6.36 Å². The Hall–Kier alpha value is -4.09. The Morgan fingerprint density at radius 1 is 0.759 bits per heavy atom. The van der Waals surface area contributed by atoms with Crippen molar-refractivity contribution >= 4 is 5.69 Å². The van der Waals surface area contributed by atoms with Crippen LogP contribution in [0.4, 0.5) is 18.9 Å². The lowest BCUT2D eigenvalue weighted by Crippen LogP contribution is -2.34. The molecular formula is C44H54F3NO6. The Morgan fingerprint density at radius 2 is 1.31 bits per heavy atom. The lowest BCUT2D eigenvalue weighted by molar-refractivity contribution is -0.274. The summed E-state index contributed by atoms with van der Waals surface area (Å²) in [6.45, 7) is 9.34. The molecular weight excluding hydrogens is 695 g/mol. The number of epoxide rings is 1. The number of hydrogen-bond donors (Lipinski definition) is 1. The van der Waals surface area contributed by atoms with Gasteiger partial charge in [0.05, 0.1) is 31.0 Å². The summed E-state index contributed by atoms with van der Waals surface area (Å²) in [4.78, 5) is 2.36. The zero-order chi connectivity index (χ0) is 38.3. The monoisotopic (exact) mass is 749 g/mol. The lowest BCUT2D eigenvalue weighted by atomic mass is 9.90. The molecule has 0 amide bonds. The molecule has 0 aliphatic carbocycles. The van der Waals surface area contributed by atoms with E-state index in [1.807, 2.05) is 60.7 Å². The molecule has 2 fully saturated rings. The minimum Gasteiger partial charge on any atom is -0.491 e. The van der Waals surface area contributed by atoms with Gasteiger partial charge in [0.2, 0.25) is 0 Å². The summed E-state index contributed by atoms with van der Waals surface area (Å²) in [5.41, 5.74) is 3.63. The van der Waals surface area contributed by atoms with Crippen LogP contribution in [0.25, 0.3) is 0 Å². The summed E-state index contributed by atoms with van der Waals surface area (Å²) >= 11 is 0. The lowest BCUT2D eigenvalue weighted by Gasteiger charge is -2.34. The Bertz CT molecular complexity index is 1620. The van der Waals surface area contributed by atoms with Gasteiger partial charge in [0, 0.05) is 44.8 Å². The van der Waals surface area contributed by atoms with Crippen LogP contribution < -0.4 is 14.4 Å². The van der Waals surface area contributed by atoms with Crippen molar-refractivity contribution in [3.8, 4) is 11.5 Å². The van der Waals surface area contributed by atoms with Crippen molar-refractivity contribution in [2.75, 3.05) is 44.4 Å². The maximum absolute atomic E-state index is 12.3. The maximum atomic E-state index is 12.3. The molecule has 2 atom stereocenters. The predicted molar refractivity (Wildman–Crippen MR) is 205 cm³/mol. The van der Waals surface area contributed by atoms with Crippen molar-refractivity contribution in [3.63, 3.8) is 0 Å². The van der Waals surface area contributed by atoms with Gasteiger partial charge in [-0.1, -0.05) is 72.8 Å². The van der Waals surface area contributed by atoms with Gasteiger partial charge in [-0.15, -0.1) is 13.2 Å². The van der Waals surface area contributed by atoms with Crippen LogP contribution in [-0.2, 0) is 33.8 Å². The second-order valence-electron chi connectivity index (χ2n) is 14.8. The molecule has 2 aliphatic rings. The maximum Gasteiger partial charge on any atom is 0.573 e. The van der Waals surface area contributed by atoms with Crippen LogP contribution in [0.1, 0.15) is 62.6 Å². The average Bonchev–Trinajstić information content (AvgIpc) is 3.92. The van der Waals surface area contributed by atoms with Crippen LogP contribution in [0.15, 0.2) is 109 Å². The quantitative estimate of drug-likeness (QED) is 0.0803. The minimum absolute atomic E-state index is 0.122. The first-order valence-corrected chi connectivity index (χ1v) is 18.9. The van der Waals surface area contributed by atoms with Crippen LogP contribution >= 0.6 is 0 Å². The fourth-order valence-electron chi connectivity index (χ4n) is 6.15. The normalized spacial score (nSPS) is 18.3. The largest absolute Gasteiger partial charge is 0.573 e. The van der Waals surface area contributed by atoms with Gasteiger partial charge in [0.15, 0.2) is 0 Å². The average molecular weight is 750 g/mol. The summed E-state index contributed by atoms with van der Waals surface area (Å²) in [5, 5.41) is 10.7. The molecule has 2 unspecified atom stereocenters. The third-order valence-electron chi connectivity index (χ3n) is 9.78. The summed E-state index contributed by atoms with van der Waals surface area (Å²) in [7, 11) is 0. The SMILES string of the molecule is CC(O)(CCOCc1ccccc1)COc1ccc(N2CCC(CCc3ccc(OC(F)(F)F)cc3)CC2)cc1.CC1(CCOCc2ccccc2)CO1. The van der Waals surface area contributed by atoms with E-state index in [-0.39, 0.29) is 18.0 Å². The first kappa shape index (κ1) is 41.1. The number of rotatable bonds is 18. The smallest absolute Gasteiger partial charge is 0.491 e. The number of halogens is 3. The van der Waals surface area contributed by atoms with E-state index in [9.17, 15) is 18.3 Å². The molecule has 2 aliphatic heterocycles. The predicted octanol–water partition coefficient (Wildman–Crippen LogP) is 9.55. The molecule has 7 nitrogen and oxygen atoms in total. The van der Waals surface area contributed by atoms with Crippen LogP contribution in [0.2, 0.25) is 0 Å². The summed E-state index contributed by atoms with van der Waals surface area (Å²) in [5.74, 6) is 1.12. The van der Waals surface area contributed by atoms with E-state index in [1.165, 1.54) is 17.7 Å². The van der Waals surface area contributed by atoms with Crippen LogP contribution in [0.3, 0.4) is 0 Å². The van der Waals surface area contributed by atoms with Crippen molar-refractivity contribution in [3.05, 3.63) is 126 Å². The van der Waals surface area contributed by atoms with Crippen LogP contribution in [0, 0.1) is 5.92 Å². The van der Waals surface area contributed by atoms with Gasteiger partial charge in [-0.2, -0.15) is 0 Å². The van der Waals surface area contributed by atoms with E-state index in [1.54, 1.807) is 19.1 Å². The zero-order valence-corrected chi connectivity index (χ0v) is 31.4. The van der Waals surface area contributed by atoms with Gasteiger partial charge in [-0.25, -0.2) is 0 Å². The minimum atomic E-state index is -4.66. The summed E-state index contributed by atoms with van der Waals surface area (Å²) in [6, 6.07) is 34.3. The highest BCUT2D eigenvalue weighted by Crippen LogP contribution is 2.30. The fraction of sp³-hybridized carbons (Fsp3) is 0.455. The first-order chi connectivity index (χ1) is 25.9. The van der Waals surface area contributed by atoms with E-state index in [2.05, 4.69) is 40.8 Å². The Labute approximate surface area is 318 Å². The topological polar surface area (TPSA) is 72.9 Å². The molecule has 0 spiro atoms. The molecule has 292 valence electrons. The summed E-state index contributed by atoms with van der Waals surface area (Å²) in [6.07, 6.45) is 0.807. The molecule has 6 rings (SSSR count). The van der Waals surface area contributed by atoms with Crippen molar-refractivity contribution in [2.24, 2.45) is 5.92 Å². The zero-order valence-electron chi connectivity index (χ0n) is 31.4. The standard InChI is InChI=1S/C32H38F3NO4.C12H16O2/c1-31(37,19-22-38-23-27-5-3-2-4-6-27)24-39-29-15-11-28(12-16-29)36-20-17-26(18-21-36)8-7-25-9-13-30(14-10-25)40-32(33,34)35;1-12(10-14-12)7-8-13-9-11-5-3-2-4-6-11/h2-6,9-16,26,37H,7-8,17-24H2,1H3;2-6H,7-10H2,1H3. The third-order valence-corrected chi connectivity index (χ3v) is 9.78. The second-order valence-corrected chi connectivity index (χ2v) is 14.8. The fourth-order valence-corrected chi connectivity index (χ4v) is 6.15. The van der Waals surface area contributed by atoms with E-state index in [0.29, 0.717) is 32.2 Å². The van der Waals surface area contributed by atoms with E-state index in [0.717, 1.165) is 81.0 Å². The molecule has 2 heterocycles. The Kier molecular flexibility index (Phi) is 15.2. The van der Waals surface area contributed by atoms with Crippen LogP contribution in [-0.4, -0.2) is 62.2 Å². The molecule has 1 N–H and O–H groups in total. The van der Waals surface area contributed by atoms with Gasteiger partial charge in [0.25, 0.3) is 0 Å². The van der Waals surface area contributed by atoms with Crippen molar-refractivity contribution < 1.29 is 42.0 Å². The molecule has 0 radical (unpaired) electrons. The van der Waals surface area contributed by atoms with Crippen molar-refractivity contribution in [2.45, 2.75) is 83.2 Å². The summed E-state index contributed by atoms with van der Waals surface area (Å²) < 4.78 is 63.3. The molecule has 2 saturated heterocycles. The Balaban J connectivity index is 0.000000333. The number of ether oxygens (including phenoxy) is 5. The molecule has 4 aromatic carbocycles. The van der Waals surface area contributed by atoms with Crippen LogP contribution in [0.5, 0.6) is 11.5 Å². The molecule has 0 saturated carbocycles. The van der Waals surface area contributed by atoms with Gasteiger partial charge in [0.1, 0.15) is 18.1 Å².